The Morgan fingerprint density at radius 1 is 0.536 bits per heavy atom. The molecule has 0 fully saturated rings. The predicted molar refractivity (Wildman–Crippen MR) is 105 cm³/mol. The normalized spacial score (nSPS) is 20.4. The van der Waals surface area contributed by atoms with Gasteiger partial charge in [0.1, 0.15) is 24.9 Å². The highest BCUT2D eigenvalue weighted by molar-refractivity contribution is 7.80. The van der Waals surface area contributed by atoms with Crippen molar-refractivity contribution in [1.82, 2.24) is 9.80 Å². The first-order chi connectivity index (χ1) is 12.8. The molecular weight excluding hydrogens is 392 g/mol. The van der Waals surface area contributed by atoms with E-state index in [-0.39, 0.29) is 30.8 Å². The van der Waals surface area contributed by atoms with Crippen molar-refractivity contribution < 1.29 is 40.9 Å². The molecule has 0 saturated heterocycles. The Bertz CT molecular complexity index is 383. The second-order valence-corrected chi connectivity index (χ2v) is 7.72. The number of hydrogen-bond acceptors (Lipinski definition) is 9. The quantitative estimate of drug-likeness (QED) is 0.131. The average molecular weight is 429 g/mol. The first-order valence-corrected chi connectivity index (χ1v) is 9.73. The zero-order valence-electron chi connectivity index (χ0n) is 16.8. The van der Waals surface area contributed by atoms with Gasteiger partial charge in [-0.3, -0.25) is 9.80 Å². The van der Waals surface area contributed by atoms with Crippen LogP contribution in [-0.2, 0) is 0 Å². The van der Waals surface area contributed by atoms with Crippen LogP contribution >= 0.6 is 12.2 Å². The minimum absolute atomic E-state index is 0.205. The van der Waals surface area contributed by atoms with Crippen molar-refractivity contribution in [3.05, 3.63) is 0 Å². The van der Waals surface area contributed by atoms with Crippen molar-refractivity contribution >= 4 is 17.3 Å². The fourth-order valence-corrected chi connectivity index (χ4v) is 3.20. The van der Waals surface area contributed by atoms with Gasteiger partial charge in [-0.2, -0.15) is 0 Å². The number of rotatable bonds is 12. The standard InChI is InChI=1S/C17H36N2O8S/c1-9(20)5-13(24)18(14(25)6-10(2)21)17(28)19(15(26)7-11(3)22)16(27)8-12(4)23/h9-16,20-27H,5-8H2,1-4H3/t9-,10-,11-,12+,13-,14-,15-,16+/m1/s1. The van der Waals surface area contributed by atoms with Crippen molar-refractivity contribution in [1.29, 1.82) is 0 Å². The lowest BCUT2D eigenvalue weighted by molar-refractivity contribution is -0.120. The van der Waals surface area contributed by atoms with Crippen LogP contribution in [0.25, 0.3) is 0 Å². The van der Waals surface area contributed by atoms with Gasteiger partial charge in [-0.1, -0.05) is 0 Å². The molecule has 0 aromatic heterocycles. The monoisotopic (exact) mass is 428 g/mol. The number of nitrogens with zero attached hydrogens (tertiary/aromatic N) is 2. The predicted octanol–water partition coefficient (Wildman–Crippen LogP) is -1.77. The van der Waals surface area contributed by atoms with E-state index in [1.54, 1.807) is 0 Å². The van der Waals surface area contributed by atoms with Gasteiger partial charge < -0.3 is 40.9 Å². The smallest absolute Gasteiger partial charge is 0.179 e. The molecule has 0 aliphatic carbocycles. The van der Waals surface area contributed by atoms with Crippen molar-refractivity contribution in [3.8, 4) is 0 Å². The fraction of sp³-hybridized carbons (Fsp3) is 0.941. The maximum Gasteiger partial charge on any atom is 0.179 e. The van der Waals surface area contributed by atoms with E-state index in [1.807, 2.05) is 0 Å². The van der Waals surface area contributed by atoms with Gasteiger partial charge in [-0.25, -0.2) is 0 Å². The van der Waals surface area contributed by atoms with Crippen LogP contribution in [0.2, 0.25) is 0 Å². The SMILES string of the molecule is C[C@H](O)C[C@H](O)N(C(=S)N([C@H](O)C[C@@H](C)O)[C@H](O)C[C@@H](C)O)[C@H](O)C[C@@H](C)O. The van der Waals surface area contributed by atoms with Gasteiger partial charge in [0, 0.05) is 25.7 Å². The van der Waals surface area contributed by atoms with E-state index in [4.69, 9.17) is 12.2 Å². The summed E-state index contributed by atoms with van der Waals surface area (Å²) in [5.74, 6) is 0. The molecule has 0 bridgehead atoms. The molecule has 8 atom stereocenters. The molecule has 11 heteroatoms. The lowest BCUT2D eigenvalue weighted by atomic mass is 10.1. The second-order valence-electron chi connectivity index (χ2n) is 7.36. The Labute approximate surface area is 171 Å². The van der Waals surface area contributed by atoms with Crippen LogP contribution in [0.4, 0.5) is 0 Å². The molecule has 168 valence electrons. The molecule has 0 radical (unpaired) electrons. The molecule has 8 N–H and O–H groups in total. The number of thiocarbonyl (C=S) groups is 1. The van der Waals surface area contributed by atoms with Crippen molar-refractivity contribution in [2.75, 3.05) is 0 Å². The second kappa shape index (κ2) is 12.8. The maximum atomic E-state index is 10.5. The highest BCUT2D eigenvalue weighted by atomic mass is 32.1. The first kappa shape index (κ1) is 27.4. The molecule has 10 nitrogen and oxygen atoms in total. The zero-order chi connectivity index (χ0) is 22.2. The Balaban J connectivity index is 5.86. The topological polar surface area (TPSA) is 168 Å². The number of hydrogen-bond donors (Lipinski definition) is 8. The third kappa shape index (κ3) is 9.72. The average Bonchev–Trinajstić information content (AvgIpc) is 2.43. The van der Waals surface area contributed by atoms with Gasteiger partial charge in [-0.15, -0.1) is 0 Å². The van der Waals surface area contributed by atoms with Crippen molar-refractivity contribution in [2.24, 2.45) is 0 Å². The Hall–Kier alpha value is -0.630. The summed E-state index contributed by atoms with van der Waals surface area (Å²) in [6.07, 6.45) is -10.5. The fourth-order valence-electron chi connectivity index (χ4n) is 2.72. The van der Waals surface area contributed by atoms with E-state index in [0.717, 1.165) is 9.80 Å². The summed E-state index contributed by atoms with van der Waals surface area (Å²) < 4.78 is 0. The highest BCUT2D eigenvalue weighted by Gasteiger charge is 2.36. The lowest BCUT2D eigenvalue weighted by Crippen LogP contribution is -2.59. The van der Waals surface area contributed by atoms with Crippen molar-refractivity contribution in [3.63, 3.8) is 0 Å². The maximum absolute atomic E-state index is 10.5. The lowest BCUT2D eigenvalue weighted by Gasteiger charge is -2.43. The molecule has 0 unspecified atom stereocenters. The third-order valence-corrected chi connectivity index (χ3v) is 4.36. The van der Waals surface area contributed by atoms with E-state index in [1.165, 1.54) is 27.7 Å². The molecule has 0 rings (SSSR count). The highest BCUT2D eigenvalue weighted by Crippen LogP contribution is 2.21. The summed E-state index contributed by atoms with van der Waals surface area (Å²) in [6.45, 7) is 5.70. The van der Waals surface area contributed by atoms with E-state index in [0.29, 0.717) is 0 Å². The largest absolute Gasteiger partial charge is 0.393 e. The van der Waals surface area contributed by atoms with Gasteiger partial charge in [0.25, 0.3) is 0 Å². The molecule has 0 spiro atoms. The van der Waals surface area contributed by atoms with Crippen LogP contribution in [0.5, 0.6) is 0 Å². The van der Waals surface area contributed by atoms with Gasteiger partial charge in [0.05, 0.1) is 24.4 Å². The van der Waals surface area contributed by atoms with Crippen LogP contribution in [0, 0.1) is 0 Å². The molecule has 0 saturated carbocycles. The molecule has 0 heterocycles. The summed E-state index contributed by atoms with van der Waals surface area (Å²) >= 11 is 5.30. The molecule has 0 aromatic carbocycles. The van der Waals surface area contributed by atoms with Crippen molar-refractivity contribution in [2.45, 2.75) is 103 Å². The van der Waals surface area contributed by atoms with Gasteiger partial charge in [0.2, 0.25) is 0 Å². The van der Waals surface area contributed by atoms with Crippen LogP contribution in [0.1, 0.15) is 53.4 Å². The Morgan fingerprint density at radius 2 is 0.714 bits per heavy atom. The van der Waals surface area contributed by atoms with Crippen LogP contribution < -0.4 is 0 Å². The molecular formula is C17H36N2O8S. The van der Waals surface area contributed by atoms with Gasteiger partial charge in [0.15, 0.2) is 5.11 Å². The Morgan fingerprint density at radius 3 is 0.857 bits per heavy atom. The van der Waals surface area contributed by atoms with E-state index in [2.05, 4.69) is 0 Å². The summed E-state index contributed by atoms with van der Waals surface area (Å²) in [5.41, 5.74) is 0. The van der Waals surface area contributed by atoms with Gasteiger partial charge >= 0.3 is 0 Å². The number of aliphatic hydroxyl groups excluding tert-OH is 8. The van der Waals surface area contributed by atoms with Crippen LogP contribution in [0.3, 0.4) is 0 Å². The Kier molecular flexibility index (Phi) is 12.5. The molecule has 28 heavy (non-hydrogen) atoms. The van der Waals surface area contributed by atoms with E-state index in [9.17, 15) is 40.9 Å². The summed E-state index contributed by atoms with van der Waals surface area (Å²) in [6, 6.07) is 0. The number of aliphatic hydroxyl groups is 8. The van der Waals surface area contributed by atoms with Crippen LogP contribution in [0.15, 0.2) is 0 Å². The minimum atomic E-state index is -1.48. The van der Waals surface area contributed by atoms with E-state index >= 15 is 0 Å². The first-order valence-electron chi connectivity index (χ1n) is 9.33. The molecule has 0 aliphatic heterocycles. The zero-order valence-corrected chi connectivity index (χ0v) is 17.6. The van der Waals surface area contributed by atoms with E-state index < -0.39 is 49.3 Å². The third-order valence-electron chi connectivity index (χ3n) is 3.93. The van der Waals surface area contributed by atoms with Gasteiger partial charge in [-0.05, 0) is 39.9 Å². The summed E-state index contributed by atoms with van der Waals surface area (Å²) in [4.78, 5) is 1.79. The minimum Gasteiger partial charge on any atom is -0.393 e. The van der Waals surface area contributed by atoms with Crippen LogP contribution in [-0.4, -0.2) is 105 Å². The molecule has 0 aliphatic rings. The molecule has 0 amide bonds. The summed E-state index contributed by atoms with van der Waals surface area (Å²) in [5, 5.41) is 79.8. The molecule has 0 aromatic rings. The summed E-state index contributed by atoms with van der Waals surface area (Å²) in [7, 11) is 0.